The molecule has 0 bridgehead atoms. The Kier molecular flexibility index (Phi) is 2.89. The lowest BCUT2D eigenvalue weighted by molar-refractivity contribution is 0.497. The van der Waals surface area contributed by atoms with Gasteiger partial charge in [0.25, 0.3) is 0 Å². The predicted octanol–water partition coefficient (Wildman–Crippen LogP) is 1.53. The van der Waals surface area contributed by atoms with Gasteiger partial charge in [-0.1, -0.05) is 11.6 Å². The Balaban J connectivity index is 2.16. The van der Waals surface area contributed by atoms with Crippen LogP contribution in [0.25, 0.3) is 0 Å². The normalized spacial score (nSPS) is 22.4. The number of hydrogen-bond acceptors (Lipinski definition) is 3. The Morgan fingerprint density at radius 1 is 1.57 bits per heavy atom. The molecule has 76 valence electrons. The van der Waals surface area contributed by atoms with E-state index in [2.05, 4.69) is 22.1 Å². The van der Waals surface area contributed by atoms with Crippen molar-refractivity contribution in [2.45, 2.75) is 13.0 Å². The molecule has 0 aliphatic carbocycles. The van der Waals surface area contributed by atoms with Crippen LogP contribution in [0.4, 0.5) is 5.82 Å². The maximum atomic E-state index is 5.79. The van der Waals surface area contributed by atoms with Gasteiger partial charge in [0.1, 0.15) is 5.82 Å². The van der Waals surface area contributed by atoms with Gasteiger partial charge in [-0.15, -0.1) is 0 Å². The molecular formula is C10H14ClN3. The predicted molar refractivity (Wildman–Crippen MR) is 58.9 cm³/mol. The minimum Gasteiger partial charge on any atom is -0.351 e. The van der Waals surface area contributed by atoms with E-state index in [1.807, 2.05) is 12.1 Å². The van der Waals surface area contributed by atoms with Crippen LogP contribution >= 0.6 is 11.6 Å². The van der Waals surface area contributed by atoms with Crippen molar-refractivity contribution < 1.29 is 0 Å². The zero-order chi connectivity index (χ0) is 9.97. The summed E-state index contributed by atoms with van der Waals surface area (Å²) in [6, 6.07) is 4.36. The summed E-state index contributed by atoms with van der Waals surface area (Å²) in [5.74, 6) is 1.02. The molecule has 0 spiro atoms. The lowest BCUT2D eigenvalue weighted by Gasteiger charge is -2.34. The van der Waals surface area contributed by atoms with Gasteiger partial charge < -0.3 is 10.2 Å². The molecule has 1 aliphatic rings. The van der Waals surface area contributed by atoms with E-state index in [9.17, 15) is 0 Å². The van der Waals surface area contributed by atoms with Crippen molar-refractivity contribution in [3.8, 4) is 0 Å². The molecule has 1 aromatic rings. The summed E-state index contributed by atoms with van der Waals surface area (Å²) in [6.45, 7) is 5.25. The number of nitrogens with one attached hydrogen (secondary N) is 1. The van der Waals surface area contributed by atoms with Gasteiger partial charge in [-0.2, -0.15) is 0 Å². The Morgan fingerprint density at radius 3 is 3.07 bits per heavy atom. The first kappa shape index (κ1) is 9.74. The van der Waals surface area contributed by atoms with Crippen LogP contribution in [-0.4, -0.2) is 30.7 Å². The summed E-state index contributed by atoms with van der Waals surface area (Å²) in [6.07, 6.45) is 1.70. The minimum atomic E-state index is 0.498. The fourth-order valence-corrected chi connectivity index (χ4v) is 1.83. The number of piperazine rings is 1. The monoisotopic (exact) mass is 211 g/mol. The van der Waals surface area contributed by atoms with Crippen molar-refractivity contribution in [3.05, 3.63) is 23.4 Å². The number of pyridine rings is 1. The second-order valence-electron chi connectivity index (χ2n) is 3.58. The van der Waals surface area contributed by atoms with Crippen LogP contribution in [0.5, 0.6) is 0 Å². The Bertz CT molecular complexity index is 299. The van der Waals surface area contributed by atoms with E-state index >= 15 is 0 Å². The van der Waals surface area contributed by atoms with Crippen molar-refractivity contribution in [2.24, 2.45) is 0 Å². The summed E-state index contributed by atoms with van der Waals surface area (Å²) >= 11 is 5.79. The quantitative estimate of drug-likeness (QED) is 0.764. The van der Waals surface area contributed by atoms with E-state index < -0.39 is 0 Å². The lowest BCUT2D eigenvalue weighted by Crippen LogP contribution is -2.50. The van der Waals surface area contributed by atoms with E-state index in [1.54, 1.807) is 6.20 Å². The molecule has 2 rings (SSSR count). The van der Waals surface area contributed by atoms with Crippen LogP contribution in [0.15, 0.2) is 18.3 Å². The molecule has 2 heterocycles. The molecular weight excluding hydrogens is 198 g/mol. The van der Waals surface area contributed by atoms with Gasteiger partial charge in [-0.3, -0.25) is 0 Å². The Labute approximate surface area is 89.1 Å². The van der Waals surface area contributed by atoms with Crippen LogP contribution in [0.2, 0.25) is 5.02 Å². The zero-order valence-electron chi connectivity index (χ0n) is 8.20. The highest BCUT2D eigenvalue weighted by Crippen LogP contribution is 2.17. The van der Waals surface area contributed by atoms with Gasteiger partial charge in [-0.05, 0) is 19.1 Å². The number of rotatable bonds is 1. The SMILES string of the molecule is CC1CNCCN1c1ccc(Cl)cn1. The second-order valence-corrected chi connectivity index (χ2v) is 4.02. The van der Waals surface area contributed by atoms with E-state index in [0.717, 1.165) is 25.5 Å². The van der Waals surface area contributed by atoms with E-state index in [-0.39, 0.29) is 0 Å². The number of halogens is 1. The third kappa shape index (κ3) is 1.99. The van der Waals surface area contributed by atoms with Gasteiger partial charge in [0.05, 0.1) is 5.02 Å². The van der Waals surface area contributed by atoms with Crippen LogP contribution in [0, 0.1) is 0 Å². The number of hydrogen-bond donors (Lipinski definition) is 1. The van der Waals surface area contributed by atoms with Gasteiger partial charge in [0, 0.05) is 31.9 Å². The Morgan fingerprint density at radius 2 is 2.43 bits per heavy atom. The van der Waals surface area contributed by atoms with E-state index in [1.165, 1.54) is 0 Å². The van der Waals surface area contributed by atoms with Crippen LogP contribution < -0.4 is 10.2 Å². The smallest absolute Gasteiger partial charge is 0.128 e. The molecule has 1 unspecified atom stereocenters. The fraction of sp³-hybridized carbons (Fsp3) is 0.500. The number of aromatic nitrogens is 1. The van der Waals surface area contributed by atoms with Crippen molar-refractivity contribution in [1.29, 1.82) is 0 Å². The molecule has 1 saturated heterocycles. The third-order valence-electron chi connectivity index (χ3n) is 2.51. The first-order valence-electron chi connectivity index (χ1n) is 4.86. The summed E-state index contributed by atoms with van der Waals surface area (Å²) < 4.78 is 0. The van der Waals surface area contributed by atoms with E-state index in [4.69, 9.17) is 11.6 Å². The summed E-state index contributed by atoms with van der Waals surface area (Å²) in [7, 11) is 0. The molecule has 0 radical (unpaired) electrons. The van der Waals surface area contributed by atoms with E-state index in [0.29, 0.717) is 11.1 Å². The molecule has 1 N–H and O–H groups in total. The largest absolute Gasteiger partial charge is 0.351 e. The van der Waals surface area contributed by atoms with Crippen LogP contribution in [0.3, 0.4) is 0 Å². The first-order chi connectivity index (χ1) is 6.77. The van der Waals surface area contributed by atoms with Crippen LogP contribution in [-0.2, 0) is 0 Å². The van der Waals surface area contributed by atoms with Crippen molar-refractivity contribution in [1.82, 2.24) is 10.3 Å². The van der Waals surface area contributed by atoms with Crippen LogP contribution in [0.1, 0.15) is 6.92 Å². The molecule has 1 aliphatic heterocycles. The molecule has 1 aromatic heterocycles. The fourth-order valence-electron chi connectivity index (χ4n) is 1.72. The zero-order valence-corrected chi connectivity index (χ0v) is 8.96. The highest BCUT2D eigenvalue weighted by molar-refractivity contribution is 6.30. The molecule has 0 saturated carbocycles. The highest BCUT2D eigenvalue weighted by Gasteiger charge is 2.18. The summed E-state index contributed by atoms with van der Waals surface area (Å²) in [5, 5.41) is 4.04. The van der Waals surface area contributed by atoms with Gasteiger partial charge in [0.15, 0.2) is 0 Å². The standard InChI is InChI=1S/C10H14ClN3/c1-8-6-12-4-5-14(8)10-3-2-9(11)7-13-10/h2-3,7-8,12H,4-6H2,1H3. The maximum Gasteiger partial charge on any atom is 0.128 e. The summed E-state index contributed by atoms with van der Waals surface area (Å²) in [4.78, 5) is 6.62. The lowest BCUT2D eigenvalue weighted by atomic mass is 10.2. The third-order valence-corrected chi connectivity index (χ3v) is 2.73. The van der Waals surface area contributed by atoms with Crippen molar-refractivity contribution in [2.75, 3.05) is 24.5 Å². The molecule has 0 aromatic carbocycles. The average Bonchev–Trinajstić information content (AvgIpc) is 2.20. The molecule has 0 amide bonds. The molecule has 1 fully saturated rings. The number of anilines is 1. The molecule has 4 heteroatoms. The molecule has 14 heavy (non-hydrogen) atoms. The van der Waals surface area contributed by atoms with Gasteiger partial charge in [-0.25, -0.2) is 4.98 Å². The van der Waals surface area contributed by atoms with Crippen molar-refractivity contribution >= 4 is 17.4 Å². The minimum absolute atomic E-state index is 0.498. The maximum absolute atomic E-state index is 5.79. The van der Waals surface area contributed by atoms with Gasteiger partial charge >= 0.3 is 0 Å². The first-order valence-corrected chi connectivity index (χ1v) is 5.24. The summed E-state index contributed by atoms with van der Waals surface area (Å²) in [5.41, 5.74) is 0. The highest BCUT2D eigenvalue weighted by atomic mass is 35.5. The number of nitrogens with zero attached hydrogens (tertiary/aromatic N) is 2. The average molecular weight is 212 g/mol. The topological polar surface area (TPSA) is 28.2 Å². The van der Waals surface area contributed by atoms with Gasteiger partial charge in [0.2, 0.25) is 0 Å². The Hall–Kier alpha value is -0.800. The van der Waals surface area contributed by atoms with Crippen molar-refractivity contribution in [3.63, 3.8) is 0 Å². The molecule has 3 nitrogen and oxygen atoms in total. The second kappa shape index (κ2) is 4.15. The molecule has 1 atom stereocenters.